The Balaban J connectivity index is 1.21. The lowest BCUT2D eigenvalue weighted by Crippen LogP contribution is -2.52. The van der Waals surface area contributed by atoms with Crippen LogP contribution in [-0.2, 0) is 17.6 Å². The number of carbonyl (C=O) groups is 2. The number of amides is 2. The largest absolute Gasteiger partial charge is 0.487 e. The van der Waals surface area contributed by atoms with Crippen LogP contribution in [0.2, 0.25) is 0 Å². The van der Waals surface area contributed by atoms with E-state index in [1.165, 1.54) is 28.7 Å². The van der Waals surface area contributed by atoms with Gasteiger partial charge in [-0.25, -0.2) is 4.39 Å². The van der Waals surface area contributed by atoms with Crippen molar-refractivity contribution in [2.24, 2.45) is 5.41 Å². The highest BCUT2D eigenvalue weighted by molar-refractivity contribution is 5.99. The van der Waals surface area contributed by atoms with Crippen LogP contribution in [-0.4, -0.2) is 47.8 Å². The SMILES string of the molecule is CC(C)(C)Cc1ccc2c(c1)[C@@H](NC[C@@H](O)[C@H](Cc1ccccc1)NC(=O)c1ccc(F)c(N3CCCC3=O)c1)CC1(CCC1)O2. The number of carbonyl (C=O) groups excluding carboxylic acids is 2. The van der Waals surface area contributed by atoms with Crippen LogP contribution in [0.15, 0.2) is 66.7 Å². The summed E-state index contributed by atoms with van der Waals surface area (Å²) in [6.07, 6.45) is 5.49. The number of nitrogens with zero attached hydrogens (tertiary/aromatic N) is 1. The average molecular weight is 628 g/mol. The fraction of sp³-hybridized carbons (Fsp3) is 0.474. The van der Waals surface area contributed by atoms with Crippen LogP contribution >= 0.6 is 0 Å². The van der Waals surface area contributed by atoms with Gasteiger partial charge in [-0.15, -0.1) is 0 Å². The fourth-order valence-corrected chi connectivity index (χ4v) is 7.07. The molecule has 8 heteroatoms. The minimum Gasteiger partial charge on any atom is -0.487 e. The third-order valence-electron chi connectivity index (χ3n) is 9.58. The topological polar surface area (TPSA) is 90.9 Å². The third-order valence-corrected chi connectivity index (χ3v) is 9.58. The van der Waals surface area contributed by atoms with E-state index >= 15 is 0 Å². The van der Waals surface area contributed by atoms with Crippen molar-refractivity contribution in [2.75, 3.05) is 18.0 Å². The standard InChI is InChI=1S/C38H46FN3O4/c1-37(2,3)22-26-12-15-34-28(19-26)31(23-38(46-34)16-8-17-38)40-24-33(43)30(20-25-9-5-4-6-10-25)41-36(45)27-13-14-29(39)32(21-27)42-18-7-11-35(42)44/h4-6,9-10,12-15,19,21,30-31,33,40,43H,7-8,11,16-18,20,22-24H2,1-3H3,(H,41,45)/t30-,31-,33+/m0/s1. The van der Waals surface area contributed by atoms with Gasteiger partial charge in [0.15, 0.2) is 0 Å². The summed E-state index contributed by atoms with van der Waals surface area (Å²) < 4.78 is 21.3. The van der Waals surface area contributed by atoms with Crippen molar-refractivity contribution < 1.29 is 23.8 Å². The maximum absolute atomic E-state index is 14.7. The van der Waals surface area contributed by atoms with Gasteiger partial charge in [0.2, 0.25) is 5.91 Å². The second kappa shape index (κ2) is 13.2. The number of rotatable bonds is 10. The lowest BCUT2D eigenvalue weighted by Gasteiger charge is -2.48. The molecule has 3 aliphatic rings. The first-order chi connectivity index (χ1) is 22.0. The van der Waals surface area contributed by atoms with Crippen molar-refractivity contribution in [1.82, 2.24) is 10.6 Å². The first kappa shape index (κ1) is 32.2. The normalized spacial score (nSPS) is 20.1. The van der Waals surface area contributed by atoms with Gasteiger partial charge in [-0.3, -0.25) is 9.59 Å². The summed E-state index contributed by atoms with van der Waals surface area (Å²) in [7, 11) is 0. The van der Waals surface area contributed by atoms with Crippen molar-refractivity contribution in [1.29, 1.82) is 0 Å². The van der Waals surface area contributed by atoms with Gasteiger partial charge in [-0.2, -0.15) is 0 Å². The molecule has 0 radical (unpaired) electrons. The summed E-state index contributed by atoms with van der Waals surface area (Å²) in [4.78, 5) is 27.3. The second-order valence-corrected chi connectivity index (χ2v) is 14.6. The molecule has 1 aliphatic carbocycles. The number of hydrogen-bond acceptors (Lipinski definition) is 5. The first-order valence-electron chi connectivity index (χ1n) is 16.7. The molecule has 0 unspecified atom stereocenters. The molecule has 6 rings (SSSR count). The fourth-order valence-electron chi connectivity index (χ4n) is 7.07. The number of nitrogens with one attached hydrogen (secondary N) is 2. The van der Waals surface area contributed by atoms with E-state index in [0.29, 0.717) is 25.8 Å². The minimum absolute atomic E-state index is 0.00403. The van der Waals surface area contributed by atoms with Crippen molar-refractivity contribution >= 4 is 17.5 Å². The summed E-state index contributed by atoms with van der Waals surface area (Å²) in [5.74, 6) is -0.204. The molecule has 3 atom stereocenters. The van der Waals surface area contributed by atoms with Crippen LogP contribution in [0.3, 0.4) is 0 Å². The summed E-state index contributed by atoms with van der Waals surface area (Å²) >= 11 is 0. The van der Waals surface area contributed by atoms with E-state index in [1.54, 1.807) is 0 Å². The highest BCUT2D eigenvalue weighted by Gasteiger charge is 2.45. The molecule has 0 aromatic heterocycles. The number of halogens is 1. The maximum atomic E-state index is 14.7. The monoisotopic (exact) mass is 627 g/mol. The van der Waals surface area contributed by atoms with Gasteiger partial charge >= 0.3 is 0 Å². The minimum atomic E-state index is -0.911. The van der Waals surface area contributed by atoms with E-state index in [2.05, 4.69) is 49.6 Å². The van der Waals surface area contributed by atoms with Gasteiger partial charge in [0.05, 0.1) is 17.8 Å². The molecule has 7 nitrogen and oxygen atoms in total. The Hall–Kier alpha value is -3.75. The molecule has 244 valence electrons. The lowest BCUT2D eigenvalue weighted by atomic mass is 9.72. The molecule has 0 bridgehead atoms. The van der Waals surface area contributed by atoms with Gasteiger partial charge in [0, 0.05) is 43.1 Å². The van der Waals surface area contributed by atoms with Crippen LogP contribution in [0.4, 0.5) is 10.1 Å². The number of fused-ring (bicyclic) bond motifs is 1. The Labute approximate surface area is 271 Å². The van der Waals surface area contributed by atoms with E-state index in [-0.39, 0.29) is 40.8 Å². The van der Waals surface area contributed by atoms with Gasteiger partial charge in [-0.05, 0) is 79.3 Å². The predicted octanol–water partition coefficient (Wildman–Crippen LogP) is 6.28. The molecule has 2 heterocycles. The molecule has 1 saturated carbocycles. The summed E-state index contributed by atoms with van der Waals surface area (Å²) in [6.45, 7) is 7.39. The molecule has 46 heavy (non-hydrogen) atoms. The quantitative estimate of drug-likeness (QED) is 0.246. The van der Waals surface area contributed by atoms with Gasteiger partial charge in [0.25, 0.3) is 5.91 Å². The lowest BCUT2D eigenvalue weighted by molar-refractivity contribution is -0.117. The van der Waals surface area contributed by atoms with Crippen LogP contribution < -0.4 is 20.3 Å². The zero-order valence-electron chi connectivity index (χ0n) is 27.2. The molecule has 1 spiro atoms. The smallest absolute Gasteiger partial charge is 0.251 e. The van der Waals surface area contributed by atoms with Gasteiger partial charge in [0.1, 0.15) is 17.2 Å². The van der Waals surface area contributed by atoms with Crippen molar-refractivity contribution in [3.63, 3.8) is 0 Å². The molecule has 2 fully saturated rings. The number of hydrogen-bond donors (Lipinski definition) is 3. The van der Waals surface area contributed by atoms with Crippen molar-refractivity contribution in [3.8, 4) is 5.75 Å². The number of aliphatic hydroxyl groups excluding tert-OH is 1. The van der Waals surface area contributed by atoms with Crippen LogP contribution in [0.25, 0.3) is 0 Å². The van der Waals surface area contributed by atoms with Crippen LogP contribution in [0.5, 0.6) is 5.75 Å². The molecule has 3 N–H and O–H groups in total. The Morgan fingerprint density at radius 3 is 2.52 bits per heavy atom. The summed E-state index contributed by atoms with van der Waals surface area (Å²) in [6, 6.07) is 19.7. The molecule has 3 aromatic rings. The maximum Gasteiger partial charge on any atom is 0.251 e. The molecule has 2 aliphatic heterocycles. The highest BCUT2D eigenvalue weighted by atomic mass is 19.1. The number of ether oxygens (including phenoxy) is 1. The van der Waals surface area contributed by atoms with Crippen LogP contribution in [0, 0.1) is 11.2 Å². The Kier molecular flexibility index (Phi) is 9.22. The predicted molar refractivity (Wildman–Crippen MR) is 178 cm³/mol. The second-order valence-electron chi connectivity index (χ2n) is 14.6. The van der Waals surface area contributed by atoms with E-state index in [9.17, 15) is 19.1 Å². The van der Waals surface area contributed by atoms with Crippen molar-refractivity contribution in [3.05, 3.63) is 94.8 Å². The van der Waals surface area contributed by atoms with E-state index in [4.69, 9.17) is 4.74 Å². The first-order valence-corrected chi connectivity index (χ1v) is 16.7. The average Bonchev–Trinajstić information content (AvgIpc) is 3.43. The zero-order chi connectivity index (χ0) is 32.5. The van der Waals surface area contributed by atoms with Gasteiger partial charge < -0.3 is 25.4 Å². The number of benzene rings is 3. The Morgan fingerprint density at radius 1 is 1.07 bits per heavy atom. The molecule has 3 aromatic carbocycles. The molecule has 2 amide bonds. The Morgan fingerprint density at radius 2 is 1.85 bits per heavy atom. The summed E-state index contributed by atoms with van der Waals surface area (Å²) in [5.41, 5.74) is 3.69. The van der Waals surface area contributed by atoms with E-state index in [0.717, 1.165) is 49.0 Å². The molecular weight excluding hydrogens is 581 g/mol. The van der Waals surface area contributed by atoms with E-state index in [1.807, 2.05) is 30.3 Å². The molecular formula is C38H46FN3O4. The number of aliphatic hydroxyl groups is 1. The van der Waals surface area contributed by atoms with Gasteiger partial charge in [-0.1, -0.05) is 63.2 Å². The Bertz CT molecular complexity index is 1570. The molecule has 1 saturated heterocycles. The highest BCUT2D eigenvalue weighted by Crippen LogP contribution is 2.49. The zero-order valence-corrected chi connectivity index (χ0v) is 27.2. The van der Waals surface area contributed by atoms with Crippen LogP contribution in [0.1, 0.15) is 92.4 Å². The third kappa shape index (κ3) is 7.29. The summed E-state index contributed by atoms with van der Waals surface area (Å²) in [5, 5.41) is 18.3. The van der Waals surface area contributed by atoms with Crippen molar-refractivity contribution in [2.45, 2.75) is 95.9 Å². The van der Waals surface area contributed by atoms with E-state index < -0.39 is 23.9 Å². The number of anilines is 1.